The highest BCUT2D eigenvalue weighted by Crippen LogP contribution is 2.18. The molecule has 0 radical (unpaired) electrons. The molecule has 18 heavy (non-hydrogen) atoms. The van der Waals surface area contributed by atoms with E-state index in [1.165, 1.54) is 13.1 Å². The van der Waals surface area contributed by atoms with Gasteiger partial charge in [0.25, 0.3) is 0 Å². The van der Waals surface area contributed by atoms with Crippen LogP contribution in [0, 0.1) is 0 Å². The smallest absolute Gasteiger partial charge is 0.323 e. The molecular weight excluding hydrogens is 234 g/mol. The lowest BCUT2D eigenvalue weighted by atomic mass is 9.94. The van der Waals surface area contributed by atoms with Gasteiger partial charge in [-0.1, -0.05) is 6.07 Å². The summed E-state index contributed by atoms with van der Waals surface area (Å²) in [6.07, 6.45) is 1.43. The van der Waals surface area contributed by atoms with Crippen molar-refractivity contribution in [3.05, 3.63) is 30.0 Å². The molecule has 0 bridgehead atoms. The van der Waals surface area contributed by atoms with E-state index >= 15 is 0 Å². The minimum atomic E-state index is -1.34. The van der Waals surface area contributed by atoms with Gasteiger partial charge in [-0.15, -0.1) is 0 Å². The zero-order valence-corrected chi connectivity index (χ0v) is 9.79. The Bertz CT molecular complexity index is 611. The number of fused-ring (bicyclic) bond motifs is 1. The highest BCUT2D eigenvalue weighted by atomic mass is 16.4. The molecule has 0 spiro atoms. The van der Waals surface area contributed by atoms with Crippen LogP contribution in [-0.2, 0) is 11.2 Å². The lowest BCUT2D eigenvalue weighted by molar-refractivity contribution is -0.142. The van der Waals surface area contributed by atoms with Crippen molar-refractivity contribution < 1.29 is 15.0 Å². The summed E-state index contributed by atoms with van der Waals surface area (Å²) >= 11 is 0. The summed E-state index contributed by atoms with van der Waals surface area (Å²) in [4.78, 5) is 18.9. The highest BCUT2D eigenvalue weighted by molar-refractivity contribution is 5.79. The molecule has 2 aromatic rings. The van der Waals surface area contributed by atoms with Crippen LogP contribution in [0.5, 0.6) is 5.88 Å². The van der Waals surface area contributed by atoms with Gasteiger partial charge in [-0.25, -0.2) is 9.97 Å². The summed E-state index contributed by atoms with van der Waals surface area (Å²) in [5.74, 6) is -1.24. The van der Waals surface area contributed by atoms with E-state index < -0.39 is 11.5 Å². The quantitative estimate of drug-likeness (QED) is 0.735. The number of aliphatic carboxylic acids is 1. The number of nitrogens with zero attached hydrogens (tertiary/aromatic N) is 2. The number of carboxylic acids is 1. The van der Waals surface area contributed by atoms with E-state index in [1.807, 2.05) is 0 Å². The molecule has 0 aliphatic carbocycles. The first-order valence-electron chi connectivity index (χ1n) is 5.35. The van der Waals surface area contributed by atoms with Gasteiger partial charge in [-0.05, 0) is 24.6 Å². The second-order valence-corrected chi connectivity index (χ2v) is 4.45. The van der Waals surface area contributed by atoms with Gasteiger partial charge in [0.05, 0.1) is 17.2 Å². The van der Waals surface area contributed by atoms with Gasteiger partial charge in [0.15, 0.2) is 0 Å². The first-order valence-corrected chi connectivity index (χ1v) is 5.35. The van der Waals surface area contributed by atoms with Crippen molar-refractivity contribution in [2.24, 2.45) is 5.73 Å². The Morgan fingerprint density at radius 2 is 2.17 bits per heavy atom. The van der Waals surface area contributed by atoms with Crippen molar-refractivity contribution in [3.8, 4) is 5.88 Å². The van der Waals surface area contributed by atoms with Gasteiger partial charge in [0.2, 0.25) is 5.88 Å². The fourth-order valence-electron chi connectivity index (χ4n) is 1.66. The molecule has 0 saturated carbocycles. The third kappa shape index (κ3) is 2.38. The number of rotatable bonds is 3. The van der Waals surface area contributed by atoms with E-state index in [4.69, 9.17) is 10.8 Å². The molecule has 0 saturated heterocycles. The Labute approximate surface area is 103 Å². The predicted molar refractivity (Wildman–Crippen MR) is 65.1 cm³/mol. The molecule has 1 heterocycles. The molecule has 4 N–H and O–H groups in total. The summed E-state index contributed by atoms with van der Waals surface area (Å²) in [7, 11) is 0. The SMILES string of the molecule is CC(N)(Cc1ccc2ncc(O)nc2c1)C(=O)O. The third-order valence-electron chi connectivity index (χ3n) is 2.65. The maximum absolute atomic E-state index is 11.0. The van der Waals surface area contributed by atoms with Gasteiger partial charge in [-0.2, -0.15) is 0 Å². The monoisotopic (exact) mass is 247 g/mol. The average molecular weight is 247 g/mol. The van der Waals surface area contributed by atoms with Gasteiger partial charge in [0, 0.05) is 6.42 Å². The second kappa shape index (κ2) is 4.23. The van der Waals surface area contributed by atoms with Crippen LogP contribution >= 0.6 is 0 Å². The van der Waals surface area contributed by atoms with Crippen molar-refractivity contribution in [1.82, 2.24) is 9.97 Å². The molecule has 0 fully saturated rings. The zero-order chi connectivity index (χ0) is 13.3. The molecule has 0 aliphatic rings. The van der Waals surface area contributed by atoms with Crippen molar-refractivity contribution in [1.29, 1.82) is 0 Å². The molecular formula is C12H13N3O3. The van der Waals surface area contributed by atoms with Crippen molar-refractivity contribution >= 4 is 17.0 Å². The zero-order valence-electron chi connectivity index (χ0n) is 9.79. The molecule has 6 nitrogen and oxygen atoms in total. The molecule has 0 aliphatic heterocycles. The van der Waals surface area contributed by atoms with Crippen LogP contribution in [0.2, 0.25) is 0 Å². The fraction of sp³-hybridized carbons (Fsp3) is 0.250. The molecule has 0 amide bonds. The van der Waals surface area contributed by atoms with Crippen molar-refractivity contribution in [2.45, 2.75) is 18.9 Å². The van der Waals surface area contributed by atoms with E-state index in [0.29, 0.717) is 11.0 Å². The Morgan fingerprint density at radius 1 is 1.44 bits per heavy atom. The van der Waals surface area contributed by atoms with Crippen LogP contribution in [0.3, 0.4) is 0 Å². The maximum atomic E-state index is 11.0. The minimum Gasteiger partial charge on any atom is -0.492 e. The fourth-order valence-corrected chi connectivity index (χ4v) is 1.66. The number of nitrogens with two attached hydrogens (primary N) is 1. The molecule has 1 unspecified atom stereocenters. The Morgan fingerprint density at radius 3 is 2.83 bits per heavy atom. The summed E-state index contributed by atoms with van der Waals surface area (Å²) in [5, 5.41) is 18.2. The molecule has 6 heteroatoms. The topological polar surface area (TPSA) is 109 Å². The predicted octanol–water partition coefficient (Wildman–Crippen LogP) is 0.680. The molecule has 1 aromatic heterocycles. The molecule has 2 rings (SSSR count). The van der Waals surface area contributed by atoms with Crippen LogP contribution < -0.4 is 5.73 Å². The largest absolute Gasteiger partial charge is 0.492 e. The van der Waals surface area contributed by atoms with Crippen LogP contribution in [-0.4, -0.2) is 31.7 Å². The maximum Gasteiger partial charge on any atom is 0.323 e. The van der Waals surface area contributed by atoms with E-state index in [0.717, 1.165) is 5.56 Å². The Balaban J connectivity index is 2.38. The number of carbonyl (C=O) groups is 1. The van der Waals surface area contributed by atoms with Crippen molar-refractivity contribution in [3.63, 3.8) is 0 Å². The van der Waals surface area contributed by atoms with Gasteiger partial charge in [0.1, 0.15) is 5.54 Å². The number of hydrogen-bond donors (Lipinski definition) is 3. The minimum absolute atomic E-state index is 0.173. The Hall–Kier alpha value is -2.21. The number of benzene rings is 1. The lowest BCUT2D eigenvalue weighted by Gasteiger charge is -2.19. The van der Waals surface area contributed by atoms with Crippen LogP contribution in [0.25, 0.3) is 11.0 Å². The van der Waals surface area contributed by atoms with Gasteiger partial charge >= 0.3 is 5.97 Å². The number of aromatic nitrogens is 2. The summed E-state index contributed by atoms with van der Waals surface area (Å²) < 4.78 is 0. The van der Waals surface area contributed by atoms with Crippen LogP contribution in [0.1, 0.15) is 12.5 Å². The van der Waals surface area contributed by atoms with E-state index in [2.05, 4.69) is 9.97 Å². The average Bonchev–Trinajstić information content (AvgIpc) is 2.27. The van der Waals surface area contributed by atoms with Crippen LogP contribution in [0.4, 0.5) is 0 Å². The summed E-state index contributed by atoms with van der Waals surface area (Å²) in [6, 6.07) is 5.15. The molecule has 94 valence electrons. The van der Waals surface area contributed by atoms with E-state index in [9.17, 15) is 9.90 Å². The highest BCUT2D eigenvalue weighted by Gasteiger charge is 2.28. The van der Waals surface area contributed by atoms with Crippen LogP contribution in [0.15, 0.2) is 24.4 Å². The second-order valence-electron chi connectivity index (χ2n) is 4.45. The number of carboxylic acid groups (broad SMARTS) is 1. The number of aromatic hydroxyl groups is 1. The van der Waals surface area contributed by atoms with Gasteiger partial charge in [-0.3, -0.25) is 4.79 Å². The normalized spacial score (nSPS) is 14.3. The summed E-state index contributed by atoms with van der Waals surface area (Å²) in [6.45, 7) is 1.45. The number of hydrogen-bond acceptors (Lipinski definition) is 5. The Kier molecular flexibility index (Phi) is 2.88. The standard InChI is InChI=1S/C12H13N3O3/c1-12(13,11(17)18)5-7-2-3-8-9(4-7)15-10(16)6-14-8/h2-4,6H,5,13H2,1H3,(H,15,16)(H,17,18). The first-order chi connectivity index (χ1) is 8.38. The summed E-state index contributed by atoms with van der Waals surface area (Å²) in [5.41, 5.74) is 6.21. The first kappa shape index (κ1) is 12.3. The van der Waals surface area contributed by atoms with E-state index in [-0.39, 0.29) is 12.3 Å². The van der Waals surface area contributed by atoms with E-state index in [1.54, 1.807) is 18.2 Å². The molecule has 1 aromatic carbocycles. The van der Waals surface area contributed by atoms with Crippen molar-refractivity contribution in [2.75, 3.05) is 0 Å². The molecule has 1 atom stereocenters. The van der Waals surface area contributed by atoms with Gasteiger partial charge < -0.3 is 15.9 Å². The lowest BCUT2D eigenvalue weighted by Crippen LogP contribution is -2.46. The third-order valence-corrected chi connectivity index (χ3v) is 2.65.